The van der Waals surface area contributed by atoms with Gasteiger partial charge in [-0.15, -0.1) is 11.8 Å². The van der Waals surface area contributed by atoms with Crippen LogP contribution in [0.5, 0.6) is 0 Å². The molecule has 1 amide bonds. The molecule has 2 aromatic carbocycles. The predicted octanol–water partition coefficient (Wildman–Crippen LogP) is 4.21. The number of hydrogen-bond acceptors (Lipinski definition) is 2. The Hall–Kier alpha value is -1.45. The minimum atomic E-state index is -0.0109. The number of carbonyl (C=O) groups is 1. The van der Waals surface area contributed by atoms with Crippen molar-refractivity contribution in [3.63, 3.8) is 0 Å². The highest BCUT2D eigenvalue weighted by Crippen LogP contribution is 2.16. The van der Waals surface area contributed by atoms with E-state index < -0.39 is 0 Å². The van der Waals surface area contributed by atoms with Gasteiger partial charge in [0.1, 0.15) is 0 Å². The Morgan fingerprint density at radius 3 is 2.63 bits per heavy atom. The van der Waals surface area contributed by atoms with E-state index >= 15 is 0 Å². The van der Waals surface area contributed by atoms with E-state index in [1.807, 2.05) is 30.3 Å². The van der Waals surface area contributed by atoms with Gasteiger partial charge in [0.05, 0.1) is 5.75 Å². The Morgan fingerprint density at radius 1 is 1.11 bits per heavy atom. The third kappa shape index (κ3) is 4.97. The van der Waals surface area contributed by atoms with E-state index in [2.05, 4.69) is 17.4 Å². The first-order valence-corrected chi connectivity index (χ1v) is 7.44. The monoisotopic (exact) mass is 291 g/mol. The average molecular weight is 292 g/mol. The summed E-state index contributed by atoms with van der Waals surface area (Å²) in [7, 11) is 0. The van der Waals surface area contributed by atoms with Crippen LogP contribution in [0, 0.1) is 0 Å². The highest BCUT2D eigenvalue weighted by molar-refractivity contribution is 7.99. The maximum absolute atomic E-state index is 11.7. The number of benzene rings is 2. The van der Waals surface area contributed by atoms with Crippen LogP contribution in [-0.2, 0) is 10.5 Å². The van der Waals surface area contributed by atoms with E-state index in [1.54, 1.807) is 23.9 Å². The lowest BCUT2D eigenvalue weighted by atomic mass is 10.2. The van der Waals surface area contributed by atoms with Crippen LogP contribution in [0.1, 0.15) is 5.56 Å². The van der Waals surface area contributed by atoms with E-state index in [0.717, 1.165) is 11.4 Å². The molecule has 2 aromatic rings. The fourth-order valence-electron chi connectivity index (χ4n) is 1.60. The predicted molar refractivity (Wildman–Crippen MR) is 82.7 cm³/mol. The Labute approximate surface area is 122 Å². The van der Waals surface area contributed by atoms with E-state index in [9.17, 15) is 4.79 Å². The molecular formula is C15H14ClNOS. The molecule has 0 heterocycles. The smallest absolute Gasteiger partial charge is 0.234 e. The number of thioether (sulfide) groups is 1. The summed E-state index contributed by atoms with van der Waals surface area (Å²) < 4.78 is 0. The van der Waals surface area contributed by atoms with Crippen molar-refractivity contribution in [1.29, 1.82) is 0 Å². The molecule has 0 aliphatic rings. The largest absolute Gasteiger partial charge is 0.325 e. The first-order valence-electron chi connectivity index (χ1n) is 5.91. The fraction of sp³-hybridized carbons (Fsp3) is 0.133. The molecule has 2 nitrogen and oxygen atoms in total. The third-order valence-corrected chi connectivity index (χ3v) is 3.69. The van der Waals surface area contributed by atoms with Crippen LogP contribution in [0.2, 0.25) is 5.02 Å². The topological polar surface area (TPSA) is 29.1 Å². The zero-order valence-electron chi connectivity index (χ0n) is 10.3. The zero-order valence-corrected chi connectivity index (χ0v) is 11.9. The average Bonchev–Trinajstić information content (AvgIpc) is 2.40. The Kier molecular flexibility index (Phi) is 5.31. The Morgan fingerprint density at radius 2 is 1.89 bits per heavy atom. The minimum absolute atomic E-state index is 0.0109. The van der Waals surface area contributed by atoms with E-state index in [4.69, 9.17) is 11.6 Å². The van der Waals surface area contributed by atoms with Crippen molar-refractivity contribution in [3.8, 4) is 0 Å². The van der Waals surface area contributed by atoms with Crippen molar-refractivity contribution in [2.24, 2.45) is 0 Å². The first-order chi connectivity index (χ1) is 9.24. The number of hydrogen-bond donors (Lipinski definition) is 1. The van der Waals surface area contributed by atoms with Gasteiger partial charge in [0.2, 0.25) is 5.91 Å². The summed E-state index contributed by atoms with van der Waals surface area (Å²) >= 11 is 7.45. The summed E-state index contributed by atoms with van der Waals surface area (Å²) in [6.45, 7) is 0. The molecule has 0 spiro atoms. The van der Waals surface area contributed by atoms with Gasteiger partial charge in [0, 0.05) is 16.5 Å². The number of anilines is 1. The van der Waals surface area contributed by atoms with Crippen LogP contribution in [0.3, 0.4) is 0 Å². The van der Waals surface area contributed by atoms with Crippen molar-refractivity contribution < 1.29 is 4.79 Å². The number of halogens is 1. The molecule has 4 heteroatoms. The van der Waals surface area contributed by atoms with Gasteiger partial charge in [0.25, 0.3) is 0 Å². The summed E-state index contributed by atoms with van der Waals surface area (Å²) in [6.07, 6.45) is 0. The maximum Gasteiger partial charge on any atom is 0.234 e. The molecule has 0 fully saturated rings. The molecule has 0 bridgehead atoms. The lowest BCUT2D eigenvalue weighted by molar-refractivity contribution is -0.113. The van der Waals surface area contributed by atoms with Crippen molar-refractivity contribution in [2.75, 3.05) is 11.1 Å². The maximum atomic E-state index is 11.7. The van der Waals surface area contributed by atoms with Crippen LogP contribution in [0.25, 0.3) is 0 Å². The Balaban J connectivity index is 1.76. The highest BCUT2D eigenvalue weighted by atomic mass is 35.5. The molecule has 2 rings (SSSR count). The SMILES string of the molecule is O=C(CSCc1ccccc1)Nc1cccc(Cl)c1. The molecule has 0 aromatic heterocycles. The second-order valence-electron chi connectivity index (χ2n) is 4.04. The fourth-order valence-corrected chi connectivity index (χ4v) is 2.58. The van der Waals surface area contributed by atoms with E-state index in [-0.39, 0.29) is 5.91 Å². The van der Waals surface area contributed by atoms with Crippen molar-refractivity contribution in [1.82, 2.24) is 0 Å². The van der Waals surface area contributed by atoms with Gasteiger partial charge in [-0.05, 0) is 23.8 Å². The highest BCUT2D eigenvalue weighted by Gasteiger charge is 2.03. The first kappa shape index (κ1) is 14.0. The number of nitrogens with one attached hydrogen (secondary N) is 1. The molecule has 0 saturated heterocycles. The second-order valence-corrected chi connectivity index (χ2v) is 5.46. The summed E-state index contributed by atoms with van der Waals surface area (Å²) in [4.78, 5) is 11.7. The number of rotatable bonds is 5. The molecule has 98 valence electrons. The quantitative estimate of drug-likeness (QED) is 0.894. The number of amides is 1. The van der Waals surface area contributed by atoms with E-state index in [1.165, 1.54) is 5.56 Å². The second kappa shape index (κ2) is 7.22. The lowest BCUT2D eigenvalue weighted by Crippen LogP contribution is -2.14. The van der Waals surface area contributed by atoms with Gasteiger partial charge in [0.15, 0.2) is 0 Å². The summed E-state index contributed by atoms with van der Waals surface area (Å²) in [6, 6.07) is 17.3. The normalized spacial score (nSPS) is 10.2. The van der Waals surface area contributed by atoms with Crippen LogP contribution in [0.15, 0.2) is 54.6 Å². The zero-order chi connectivity index (χ0) is 13.5. The third-order valence-electron chi connectivity index (χ3n) is 2.45. The standard InChI is InChI=1S/C15H14ClNOS/c16-13-7-4-8-14(9-13)17-15(18)11-19-10-12-5-2-1-3-6-12/h1-9H,10-11H2,(H,17,18). The van der Waals surface area contributed by atoms with Gasteiger partial charge in [-0.25, -0.2) is 0 Å². The molecule has 1 N–H and O–H groups in total. The van der Waals surface area contributed by atoms with Gasteiger partial charge < -0.3 is 5.32 Å². The molecule has 0 aliphatic heterocycles. The molecule has 19 heavy (non-hydrogen) atoms. The van der Waals surface area contributed by atoms with Crippen molar-refractivity contribution in [3.05, 3.63) is 65.2 Å². The number of carbonyl (C=O) groups excluding carboxylic acids is 1. The van der Waals surface area contributed by atoms with Crippen molar-refractivity contribution in [2.45, 2.75) is 5.75 Å². The molecule has 0 aliphatic carbocycles. The molecule has 0 atom stereocenters. The molecular weight excluding hydrogens is 278 g/mol. The van der Waals surface area contributed by atoms with Gasteiger partial charge in [-0.2, -0.15) is 0 Å². The minimum Gasteiger partial charge on any atom is -0.325 e. The van der Waals surface area contributed by atoms with E-state index in [0.29, 0.717) is 10.8 Å². The van der Waals surface area contributed by atoms with Crippen molar-refractivity contribution >= 4 is 35.0 Å². The van der Waals surface area contributed by atoms with Gasteiger partial charge in [-0.3, -0.25) is 4.79 Å². The molecule has 0 unspecified atom stereocenters. The van der Waals surface area contributed by atoms with Crippen LogP contribution < -0.4 is 5.32 Å². The van der Waals surface area contributed by atoms with Gasteiger partial charge >= 0.3 is 0 Å². The molecule has 0 radical (unpaired) electrons. The summed E-state index contributed by atoms with van der Waals surface area (Å²) in [5, 5.41) is 3.44. The van der Waals surface area contributed by atoms with Crippen LogP contribution in [-0.4, -0.2) is 11.7 Å². The lowest BCUT2D eigenvalue weighted by Gasteiger charge is -2.05. The summed E-state index contributed by atoms with van der Waals surface area (Å²) in [5.41, 5.74) is 1.96. The molecule has 0 saturated carbocycles. The van der Waals surface area contributed by atoms with Crippen LogP contribution in [0.4, 0.5) is 5.69 Å². The Bertz CT molecular complexity index is 545. The van der Waals surface area contributed by atoms with Crippen LogP contribution >= 0.6 is 23.4 Å². The van der Waals surface area contributed by atoms with Gasteiger partial charge in [-0.1, -0.05) is 48.0 Å². The summed E-state index contributed by atoms with van der Waals surface area (Å²) in [5.74, 6) is 1.26.